The molecule has 0 spiro atoms. The van der Waals surface area contributed by atoms with Gasteiger partial charge in [0.1, 0.15) is 0 Å². The van der Waals surface area contributed by atoms with Gasteiger partial charge in [-0.1, -0.05) is 0 Å². The van der Waals surface area contributed by atoms with Gasteiger partial charge >= 0.3 is 16.3 Å². The van der Waals surface area contributed by atoms with E-state index in [0.717, 1.165) is 6.54 Å². The summed E-state index contributed by atoms with van der Waals surface area (Å²) in [6.07, 6.45) is -0.291. The van der Waals surface area contributed by atoms with Crippen LogP contribution in [-0.2, 0) is 14.9 Å². The quantitative estimate of drug-likeness (QED) is 0.615. The molecule has 1 unspecified atom stereocenters. The van der Waals surface area contributed by atoms with E-state index in [0.29, 0.717) is 13.0 Å². The van der Waals surface area contributed by atoms with E-state index in [1.165, 1.54) is 0 Å². The van der Waals surface area contributed by atoms with E-state index in [-0.39, 0.29) is 6.61 Å². The molecular formula is C8H17N3O4S. The molecule has 1 heterocycles. The molecule has 0 aliphatic carbocycles. The van der Waals surface area contributed by atoms with Gasteiger partial charge in [0.25, 0.3) is 0 Å². The smallest absolute Gasteiger partial charge is 0.421 e. The van der Waals surface area contributed by atoms with Gasteiger partial charge in [0, 0.05) is 12.1 Å². The third kappa shape index (κ3) is 3.95. The molecule has 0 aromatic heterocycles. The number of carbonyl (C=O) groups is 1. The number of ether oxygens (including phenoxy) is 1. The van der Waals surface area contributed by atoms with Crippen LogP contribution in [0.15, 0.2) is 0 Å². The van der Waals surface area contributed by atoms with Crippen molar-refractivity contribution in [1.82, 2.24) is 14.8 Å². The van der Waals surface area contributed by atoms with Crippen LogP contribution in [0.25, 0.3) is 0 Å². The predicted octanol–water partition coefficient (Wildman–Crippen LogP) is -0.681. The Kier molecular flexibility index (Phi) is 4.11. The lowest BCUT2D eigenvalue weighted by Crippen LogP contribution is -2.52. The first kappa shape index (κ1) is 13.2. The highest BCUT2D eigenvalue weighted by molar-refractivity contribution is 7.88. The Balaban J connectivity index is 2.54. The summed E-state index contributed by atoms with van der Waals surface area (Å²) in [4.78, 5) is 11.0. The minimum Gasteiger partial charge on any atom is -0.449 e. The fraction of sp³-hybridized carbons (Fsp3) is 0.875. The molecule has 16 heavy (non-hydrogen) atoms. The summed E-state index contributed by atoms with van der Waals surface area (Å²) in [5, 5.41) is 3.04. The highest BCUT2D eigenvalue weighted by atomic mass is 32.2. The number of rotatable bonds is 4. The summed E-state index contributed by atoms with van der Waals surface area (Å²) < 4.78 is 31.7. The van der Waals surface area contributed by atoms with Crippen LogP contribution in [-0.4, -0.2) is 39.7 Å². The zero-order valence-electron chi connectivity index (χ0n) is 9.37. The molecule has 0 bridgehead atoms. The molecular weight excluding hydrogens is 234 g/mol. The molecule has 0 aromatic carbocycles. The van der Waals surface area contributed by atoms with Crippen molar-refractivity contribution in [1.29, 1.82) is 0 Å². The molecule has 0 aromatic rings. The Morgan fingerprint density at radius 3 is 2.75 bits per heavy atom. The molecule has 1 aliphatic rings. The number of amides is 1. The largest absolute Gasteiger partial charge is 0.449 e. The van der Waals surface area contributed by atoms with Crippen LogP contribution in [0.4, 0.5) is 4.79 Å². The first-order chi connectivity index (χ1) is 7.37. The lowest BCUT2D eigenvalue weighted by molar-refractivity contribution is 0.158. The third-order valence-electron chi connectivity index (χ3n) is 2.24. The zero-order chi connectivity index (χ0) is 12.2. The van der Waals surface area contributed by atoms with Crippen LogP contribution in [0, 0.1) is 0 Å². The molecule has 94 valence electrons. The summed E-state index contributed by atoms with van der Waals surface area (Å²) in [5.41, 5.74) is -0.557. The highest BCUT2D eigenvalue weighted by Crippen LogP contribution is 2.13. The second kappa shape index (κ2) is 4.98. The van der Waals surface area contributed by atoms with Crippen molar-refractivity contribution in [2.24, 2.45) is 0 Å². The molecule has 7 nitrogen and oxygen atoms in total. The topological polar surface area (TPSA) is 96.5 Å². The SMILES string of the molecule is CCOC(=O)NS(=O)(=O)NC1(C)CCNC1. The van der Waals surface area contributed by atoms with Crippen molar-refractivity contribution in [2.45, 2.75) is 25.8 Å². The maximum atomic E-state index is 11.5. The molecule has 0 saturated carbocycles. The lowest BCUT2D eigenvalue weighted by Gasteiger charge is -2.23. The van der Waals surface area contributed by atoms with Gasteiger partial charge in [-0.2, -0.15) is 13.1 Å². The van der Waals surface area contributed by atoms with Gasteiger partial charge in [-0.05, 0) is 26.8 Å². The van der Waals surface area contributed by atoms with E-state index in [4.69, 9.17) is 0 Å². The van der Waals surface area contributed by atoms with Crippen molar-refractivity contribution in [3.05, 3.63) is 0 Å². The number of hydrogen-bond donors (Lipinski definition) is 3. The van der Waals surface area contributed by atoms with E-state index in [2.05, 4.69) is 14.8 Å². The van der Waals surface area contributed by atoms with E-state index in [9.17, 15) is 13.2 Å². The highest BCUT2D eigenvalue weighted by Gasteiger charge is 2.33. The summed E-state index contributed by atoms with van der Waals surface area (Å²) in [6.45, 7) is 4.79. The molecule has 0 radical (unpaired) electrons. The van der Waals surface area contributed by atoms with Crippen molar-refractivity contribution in [3.63, 3.8) is 0 Å². The molecule has 1 fully saturated rings. The summed E-state index contributed by atoms with van der Waals surface area (Å²) in [5.74, 6) is 0. The maximum absolute atomic E-state index is 11.5. The van der Waals surface area contributed by atoms with Gasteiger partial charge < -0.3 is 10.1 Å². The normalized spacial score (nSPS) is 25.4. The fourth-order valence-electron chi connectivity index (χ4n) is 1.52. The maximum Gasteiger partial charge on any atom is 0.421 e. The molecule has 8 heteroatoms. The van der Waals surface area contributed by atoms with Crippen LogP contribution in [0.2, 0.25) is 0 Å². The summed E-state index contributed by atoms with van der Waals surface area (Å²) in [7, 11) is -3.86. The van der Waals surface area contributed by atoms with Crippen LogP contribution in [0.1, 0.15) is 20.3 Å². The van der Waals surface area contributed by atoms with Gasteiger partial charge in [0.05, 0.1) is 6.61 Å². The Hall–Kier alpha value is -0.860. The molecule has 1 amide bonds. The van der Waals surface area contributed by atoms with Gasteiger partial charge in [-0.15, -0.1) is 0 Å². The van der Waals surface area contributed by atoms with Crippen LogP contribution in [0.5, 0.6) is 0 Å². The van der Waals surface area contributed by atoms with Gasteiger partial charge in [-0.25, -0.2) is 9.52 Å². The van der Waals surface area contributed by atoms with Crippen LogP contribution < -0.4 is 14.8 Å². The van der Waals surface area contributed by atoms with E-state index in [1.807, 2.05) is 0 Å². The average Bonchev–Trinajstić information content (AvgIpc) is 2.49. The van der Waals surface area contributed by atoms with E-state index >= 15 is 0 Å². The average molecular weight is 251 g/mol. The minimum absolute atomic E-state index is 0.125. The Bertz CT molecular complexity index is 348. The predicted molar refractivity (Wildman–Crippen MR) is 58.1 cm³/mol. The minimum atomic E-state index is -3.86. The summed E-state index contributed by atoms with van der Waals surface area (Å²) >= 11 is 0. The summed E-state index contributed by atoms with van der Waals surface area (Å²) in [6, 6.07) is 0. The number of nitrogens with one attached hydrogen (secondary N) is 3. The molecule has 1 rings (SSSR count). The number of hydrogen-bond acceptors (Lipinski definition) is 5. The van der Waals surface area contributed by atoms with Crippen LogP contribution >= 0.6 is 0 Å². The molecule has 1 saturated heterocycles. The van der Waals surface area contributed by atoms with Crippen molar-refractivity contribution < 1.29 is 17.9 Å². The van der Waals surface area contributed by atoms with E-state index in [1.54, 1.807) is 18.6 Å². The van der Waals surface area contributed by atoms with Gasteiger partial charge in [0.2, 0.25) is 0 Å². The van der Waals surface area contributed by atoms with Crippen molar-refractivity contribution >= 4 is 16.3 Å². The van der Waals surface area contributed by atoms with E-state index < -0.39 is 21.8 Å². The van der Waals surface area contributed by atoms with Crippen molar-refractivity contribution in [2.75, 3.05) is 19.7 Å². The standard InChI is InChI=1S/C8H17N3O4S/c1-3-15-7(12)10-16(13,14)11-8(2)4-5-9-6-8/h9,11H,3-6H2,1-2H3,(H,10,12). The monoisotopic (exact) mass is 251 g/mol. The van der Waals surface area contributed by atoms with Gasteiger partial charge in [0.15, 0.2) is 0 Å². The zero-order valence-corrected chi connectivity index (χ0v) is 10.2. The Morgan fingerprint density at radius 2 is 2.25 bits per heavy atom. The first-order valence-corrected chi connectivity index (χ1v) is 6.54. The molecule has 1 atom stereocenters. The Morgan fingerprint density at radius 1 is 1.56 bits per heavy atom. The lowest BCUT2D eigenvalue weighted by atomic mass is 10.0. The van der Waals surface area contributed by atoms with Gasteiger partial charge in [-0.3, -0.25) is 0 Å². The molecule has 1 aliphatic heterocycles. The number of carbonyl (C=O) groups excluding carboxylic acids is 1. The van der Waals surface area contributed by atoms with Crippen LogP contribution in [0.3, 0.4) is 0 Å². The second-order valence-electron chi connectivity index (χ2n) is 3.92. The first-order valence-electron chi connectivity index (χ1n) is 5.06. The second-order valence-corrected chi connectivity index (χ2v) is 5.33. The fourth-order valence-corrected chi connectivity index (χ4v) is 2.68. The third-order valence-corrected chi connectivity index (χ3v) is 3.44. The van der Waals surface area contributed by atoms with Crippen molar-refractivity contribution in [3.8, 4) is 0 Å². The molecule has 3 N–H and O–H groups in total. The Labute approximate surface area is 95.1 Å².